The molecule has 0 aromatic heterocycles. The lowest BCUT2D eigenvalue weighted by atomic mass is 9.98. The number of carbonyl (C=O) groups excluding carboxylic acids is 2. The Morgan fingerprint density at radius 1 is 1.24 bits per heavy atom. The molecule has 5 nitrogen and oxygen atoms in total. The third kappa shape index (κ3) is 1.78. The summed E-state index contributed by atoms with van der Waals surface area (Å²) < 4.78 is 9.98. The van der Waals surface area contributed by atoms with E-state index in [1.807, 2.05) is 0 Å². The van der Waals surface area contributed by atoms with Crippen LogP contribution in [0.2, 0.25) is 0 Å². The van der Waals surface area contributed by atoms with Gasteiger partial charge in [-0.05, 0) is 24.3 Å². The molecule has 1 aliphatic heterocycles. The number of hydrogen-bond donors (Lipinski definition) is 0. The Bertz CT molecular complexity index is 429. The van der Waals surface area contributed by atoms with Crippen molar-refractivity contribution in [1.82, 2.24) is 0 Å². The van der Waals surface area contributed by atoms with Gasteiger partial charge in [0.2, 0.25) is 0 Å². The maximum atomic E-state index is 11.7. The Morgan fingerprint density at radius 2 is 1.88 bits per heavy atom. The number of methoxy groups -OCH3 is 2. The topological polar surface area (TPSA) is 55.8 Å². The van der Waals surface area contributed by atoms with Crippen LogP contribution in [-0.2, 0) is 14.3 Å². The largest absolute Gasteiger partial charge is 0.497 e. The molecule has 0 N–H and O–H groups in total. The third-order valence-electron chi connectivity index (χ3n) is 2.83. The number of rotatable bonds is 4. The second-order valence-corrected chi connectivity index (χ2v) is 3.69. The van der Waals surface area contributed by atoms with Gasteiger partial charge in [-0.3, -0.25) is 9.69 Å². The fourth-order valence-electron chi connectivity index (χ4n) is 1.90. The van der Waals surface area contributed by atoms with Gasteiger partial charge in [0, 0.05) is 12.8 Å². The summed E-state index contributed by atoms with van der Waals surface area (Å²) in [7, 11) is 2.99. The van der Waals surface area contributed by atoms with E-state index in [0.29, 0.717) is 11.4 Å². The Kier molecular flexibility index (Phi) is 3.10. The van der Waals surface area contributed by atoms with Crippen LogP contribution in [0, 0.1) is 0 Å². The maximum absolute atomic E-state index is 11.7. The summed E-state index contributed by atoms with van der Waals surface area (Å²) in [5.41, 5.74) is 0.668. The summed E-state index contributed by atoms with van der Waals surface area (Å²) in [6.07, 6.45) is 0.0642. The average molecular weight is 235 g/mol. The van der Waals surface area contributed by atoms with Crippen LogP contribution in [0.15, 0.2) is 24.3 Å². The van der Waals surface area contributed by atoms with E-state index in [1.165, 1.54) is 12.0 Å². The van der Waals surface area contributed by atoms with Crippen LogP contribution >= 0.6 is 0 Å². The number of nitrogens with zero attached hydrogens (tertiary/aromatic N) is 1. The zero-order chi connectivity index (χ0) is 12.4. The highest BCUT2D eigenvalue weighted by atomic mass is 16.5. The molecule has 1 amide bonds. The first-order chi connectivity index (χ1) is 8.22. The van der Waals surface area contributed by atoms with Gasteiger partial charge >= 0.3 is 0 Å². The highest BCUT2D eigenvalue weighted by Crippen LogP contribution is 2.29. The minimum atomic E-state index is -0.658. The van der Waals surface area contributed by atoms with Crippen LogP contribution in [0.25, 0.3) is 0 Å². The van der Waals surface area contributed by atoms with Gasteiger partial charge < -0.3 is 14.3 Å². The molecule has 1 heterocycles. The minimum Gasteiger partial charge on any atom is -0.497 e. The first kappa shape index (κ1) is 11.6. The highest BCUT2D eigenvalue weighted by Gasteiger charge is 2.48. The van der Waals surface area contributed by atoms with Crippen LogP contribution < -0.4 is 9.64 Å². The molecule has 0 spiro atoms. The second-order valence-electron chi connectivity index (χ2n) is 3.69. The molecular formula is C12H13NO4. The summed E-state index contributed by atoms with van der Waals surface area (Å²) in [5.74, 6) is 0.502. The summed E-state index contributed by atoms with van der Waals surface area (Å²) in [4.78, 5) is 24.1. The summed E-state index contributed by atoms with van der Waals surface area (Å²) in [6, 6.07) is 6.41. The van der Waals surface area contributed by atoms with E-state index < -0.39 is 12.1 Å². The van der Waals surface area contributed by atoms with E-state index >= 15 is 0 Å². The number of β-lactam (4-membered cyclic amide) rings is 1. The molecule has 0 unspecified atom stereocenters. The van der Waals surface area contributed by atoms with Gasteiger partial charge in [0.05, 0.1) is 7.11 Å². The molecule has 1 fully saturated rings. The van der Waals surface area contributed by atoms with Crippen LogP contribution in [0.3, 0.4) is 0 Å². The third-order valence-corrected chi connectivity index (χ3v) is 2.83. The number of anilines is 1. The van der Waals surface area contributed by atoms with Gasteiger partial charge in [-0.25, -0.2) is 0 Å². The fourth-order valence-corrected chi connectivity index (χ4v) is 1.90. The summed E-state index contributed by atoms with van der Waals surface area (Å²) in [6.45, 7) is 0. The summed E-state index contributed by atoms with van der Waals surface area (Å²) in [5, 5.41) is 0. The Labute approximate surface area is 98.9 Å². The quantitative estimate of drug-likeness (QED) is 0.567. The highest BCUT2D eigenvalue weighted by molar-refractivity contribution is 6.10. The van der Waals surface area contributed by atoms with Gasteiger partial charge in [0.25, 0.3) is 5.91 Å². The van der Waals surface area contributed by atoms with Crippen LogP contribution in [0.4, 0.5) is 5.69 Å². The van der Waals surface area contributed by atoms with E-state index in [2.05, 4.69) is 0 Å². The van der Waals surface area contributed by atoms with Gasteiger partial charge in [-0.2, -0.15) is 0 Å². The van der Waals surface area contributed by atoms with Crippen LogP contribution in [0.1, 0.15) is 0 Å². The van der Waals surface area contributed by atoms with Gasteiger partial charge in [-0.1, -0.05) is 0 Å². The van der Waals surface area contributed by atoms with Crippen LogP contribution in [-0.4, -0.2) is 38.6 Å². The lowest BCUT2D eigenvalue weighted by Gasteiger charge is -2.42. The first-order valence-electron chi connectivity index (χ1n) is 5.18. The van der Waals surface area contributed by atoms with Crippen molar-refractivity contribution in [3.05, 3.63) is 24.3 Å². The predicted molar refractivity (Wildman–Crippen MR) is 61.1 cm³/mol. The molecule has 90 valence electrons. The lowest BCUT2D eigenvalue weighted by Crippen LogP contribution is -2.66. The predicted octanol–water partition coefficient (Wildman–Crippen LogP) is 0.624. The molecule has 1 aromatic rings. The maximum Gasteiger partial charge on any atom is 0.259 e. The number of benzene rings is 1. The molecule has 2 atom stereocenters. The van der Waals surface area contributed by atoms with Crippen molar-refractivity contribution < 1.29 is 19.1 Å². The molecule has 5 heteroatoms. The number of amides is 1. The minimum absolute atomic E-state index is 0.199. The molecule has 0 saturated carbocycles. The molecule has 0 bridgehead atoms. The van der Waals surface area contributed by atoms with Crippen LogP contribution in [0.5, 0.6) is 5.75 Å². The Hall–Kier alpha value is -1.88. The standard InChI is InChI=1S/C12H13NO4/c1-16-9-5-3-8(4-6-9)13-10(7-14)11(17-2)12(13)15/h3-7,10-11H,1-2H3/t10-,11-/m1/s1. The van der Waals surface area contributed by atoms with Crippen molar-refractivity contribution in [2.75, 3.05) is 19.1 Å². The molecule has 2 rings (SSSR count). The van der Waals surface area contributed by atoms with Gasteiger partial charge in [0.15, 0.2) is 6.10 Å². The van der Waals surface area contributed by atoms with Crippen molar-refractivity contribution in [3.8, 4) is 5.75 Å². The SMILES string of the molecule is COc1ccc(N2C(=O)[C@H](OC)[C@H]2C=O)cc1. The molecule has 0 aliphatic carbocycles. The normalized spacial score (nSPS) is 23.2. The van der Waals surface area contributed by atoms with E-state index in [1.54, 1.807) is 31.4 Å². The molecule has 0 radical (unpaired) electrons. The number of carbonyl (C=O) groups is 2. The zero-order valence-corrected chi connectivity index (χ0v) is 9.62. The monoisotopic (exact) mass is 235 g/mol. The van der Waals surface area contributed by atoms with E-state index in [0.717, 1.165) is 6.29 Å². The molecular weight excluding hydrogens is 222 g/mol. The van der Waals surface area contributed by atoms with E-state index in [9.17, 15) is 9.59 Å². The van der Waals surface area contributed by atoms with Crippen molar-refractivity contribution in [3.63, 3.8) is 0 Å². The fraction of sp³-hybridized carbons (Fsp3) is 0.333. The Balaban J connectivity index is 2.22. The van der Waals surface area contributed by atoms with Gasteiger partial charge in [-0.15, -0.1) is 0 Å². The number of hydrogen-bond acceptors (Lipinski definition) is 4. The van der Waals surface area contributed by atoms with Crippen molar-refractivity contribution in [1.29, 1.82) is 0 Å². The molecule has 1 saturated heterocycles. The van der Waals surface area contributed by atoms with Gasteiger partial charge in [0.1, 0.15) is 18.1 Å². The van der Waals surface area contributed by atoms with Crippen molar-refractivity contribution >= 4 is 17.9 Å². The molecule has 17 heavy (non-hydrogen) atoms. The number of ether oxygens (including phenoxy) is 2. The molecule has 1 aliphatic rings. The number of aldehydes is 1. The van der Waals surface area contributed by atoms with Crippen molar-refractivity contribution in [2.45, 2.75) is 12.1 Å². The smallest absolute Gasteiger partial charge is 0.259 e. The average Bonchev–Trinajstić information content (AvgIpc) is 2.37. The van der Waals surface area contributed by atoms with E-state index in [-0.39, 0.29) is 5.91 Å². The second kappa shape index (κ2) is 4.55. The first-order valence-corrected chi connectivity index (χ1v) is 5.18. The molecule has 1 aromatic carbocycles. The zero-order valence-electron chi connectivity index (χ0n) is 9.62. The van der Waals surface area contributed by atoms with E-state index in [4.69, 9.17) is 9.47 Å². The summed E-state index contributed by atoms with van der Waals surface area (Å²) >= 11 is 0. The van der Waals surface area contributed by atoms with Crippen molar-refractivity contribution in [2.24, 2.45) is 0 Å². The lowest BCUT2D eigenvalue weighted by molar-refractivity contribution is -0.142. The Morgan fingerprint density at radius 3 is 2.35 bits per heavy atom.